The second kappa shape index (κ2) is 7.91. The predicted octanol–water partition coefficient (Wildman–Crippen LogP) is 5.85. The van der Waals surface area contributed by atoms with Gasteiger partial charge in [-0.1, -0.05) is 37.0 Å². The lowest BCUT2D eigenvalue weighted by Crippen LogP contribution is -2.22. The van der Waals surface area contributed by atoms with Crippen molar-refractivity contribution < 1.29 is 9.59 Å². The van der Waals surface area contributed by atoms with E-state index in [1.807, 2.05) is 38.1 Å². The van der Waals surface area contributed by atoms with Crippen LogP contribution in [-0.4, -0.2) is 11.8 Å². The van der Waals surface area contributed by atoms with Crippen molar-refractivity contribution in [2.75, 3.05) is 10.6 Å². The number of halogens is 2. The second-order valence-corrected chi connectivity index (χ2v) is 8.10. The molecule has 2 rings (SSSR count). The average molecular weight is 407 g/mol. The highest BCUT2D eigenvalue weighted by atomic mass is 35.5. The fourth-order valence-electron chi connectivity index (χ4n) is 3.43. The molecule has 0 saturated carbocycles. The lowest BCUT2D eigenvalue weighted by atomic mass is 9.74. The highest BCUT2D eigenvalue weighted by Gasteiger charge is 2.28. The number of nitrogens with one attached hydrogen (secondary N) is 2. The molecular formula is C21H24Cl2N2O2. The molecule has 0 radical (unpaired) electrons. The van der Waals surface area contributed by atoms with Crippen LogP contribution in [0.25, 0.3) is 0 Å². The molecule has 144 valence electrons. The van der Waals surface area contributed by atoms with E-state index in [1.54, 1.807) is 0 Å². The molecule has 2 amide bonds. The summed E-state index contributed by atoms with van der Waals surface area (Å²) in [5, 5.41) is 6.46. The number of rotatable bonds is 4. The van der Waals surface area contributed by atoms with Gasteiger partial charge in [0.05, 0.1) is 21.4 Å². The molecule has 0 heterocycles. The Morgan fingerprint density at radius 2 is 1.11 bits per heavy atom. The Kier molecular flexibility index (Phi) is 6.23. The van der Waals surface area contributed by atoms with Crippen LogP contribution in [0.1, 0.15) is 49.9 Å². The summed E-state index contributed by atoms with van der Waals surface area (Å²) in [5.41, 5.74) is 4.89. The largest absolute Gasteiger partial charge is 0.325 e. The van der Waals surface area contributed by atoms with E-state index < -0.39 is 0 Å². The van der Waals surface area contributed by atoms with Crippen molar-refractivity contribution in [2.24, 2.45) is 0 Å². The Morgan fingerprint density at radius 3 is 1.41 bits per heavy atom. The molecule has 2 aromatic carbocycles. The number of hydrogen-bond acceptors (Lipinski definition) is 2. The van der Waals surface area contributed by atoms with Crippen LogP contribution < -0.4 is 10.6 Å². The van der Waals surface area contributed by atoms with E-state index in [0.717, 1.165) is 22.3 Å². The maximum absolute atomic E-state index is 11.4. The van der Waals surface area contributed by atoms with E-state index in [2.05, 4.69) is 24.5 Å². The van der Waals surface area contributed by atoms with Crippen molar-refractivity contribution in [3.05, 3.63) is 56.6 Å². The van der Waals surface area contributed by atoms with Gasteiger partial charge in [-0.3, -0.25) is 9.59 Å². The first-order valence-corrected chi connectivity index (χ1v) is 9.35. The highest BCUT2D eigenvalue weighted by Crippen LogP contribution is 2.41. The van der Waals surface area contributed by atoms with Crippen LogP contribution in [0.5, 0.6) is 0 Å². The molecule has 4 nitrogen and oxygen atoms in total. The standard InChI is InChI=1S/C21H24Cl2N2O2/c1-11-7-19(24-13(3)26)17(22)9-15(11)21(5,6)16-10-18(23)20(8-12(16)2)25-14(4)27/h7-10H,1-6H3,(H,24,26)(H,25,27). The first kappa shape index (κ1) is 21.3. The Hall–Kier alpha value is -2.04. The van der Waals surface area contributed by atoms with Crippen molar-refractivity contribution in [1.29, 1.82) is 0 Å². The Bertz CT molecular complexity index is 847. The van der Waals surface area contributed by atoms with Crippen molar-refractivity contribution in [2.45, 2.75) is 47.0 Å². The first-order valence-electron chi connectivity index (χ1n) is 8.60. The summed E-state index contributed by atoms with van der Waals surface area (Å²) < 4.78 is 0. The van der Waals surface area contributed by atoms with Gasteiger partial charge in [-0.15, -0.1) is 0 Å². The van der Waals surface area contributed by atoms with E-state index in [-0.39, 0.29) is 17.2 Å². The quantitative estimate of drug-likeness (QED) is 0.668. The van der Waals surface area contributed by atoms with E-state index in [9.17, 15) is 9.59 Å². The maximum atomic E-state index is 11.4. The zero-order valence-electron chi connectivity index (χ0n) is 16.4. The molecule has 0 aromatic heterocycles. The Balaban J connectivity index is 2.55. The normalized spacial score (nSPS) is 11.3. The molecule has 0 spiro atoms. The van der Waals surface area contributed by atoms with Crippen molar-refractivity contribution >= 4 is 46.4 Å². The summed E-state index contributed by atoms with van der Waals surface area (Å²) >= 11 is 12.8. The molecular weight excluding hydrogens is 383 g/mol. The molecule has 0 aliphatic carbocycles. The van der Waals surface area contributed by atoms with Crippen LogP contribution >= 0.6 is 23.2 Å². The Labute approximate surface area is 170 Å². The van der Waals surface area contributed by atoms with Gasteiger partial charge in [0, 0.05) is 19.3 Å². The van der Waals surface area contributed by atoms with Gasteiger partial charge in [-0.25, -0.2) is 0 Å². The van der Waals surface area contributed by atoms with Crippen molar-refractivity contribution in [3.63, 3.8) is 0 Å². The summed E-state index contributed by atoms with van der Waals surface area (Å²) in [6.45, 7) is 11.1. The smallest absolute Gasteiger partial charge is 0.221 e. The van der Waals surface area contributed by atoms with Crippen LogP contribution in [0.2, 0.25) is 10.0 Å². The number of carbonyl (C=O) groups is 2. The third-order valence-corrected chi connectivity index (χ3v) is 5.22. The minimum absolute atomic E-state index is 0.167. The fraction of sp³-hybridized carbons (Fsp3) is 0.333. The minimum Gasteiger partial charge on any atom is -0.325 e. The lowest BCUT2D eigenvalue weighted by Gasteiger charge is -2.31. The van der Waals surface area contributed by atoms with E-state index >= 15 is 0 Å². The first-order chi connectivity index (χ1) is 12.4. The topological polar surface area (TPSA) is 58.2 Å². The molecule has 0 aliphatic heterocycles. The van der Waals surface area contributed by atoms with E-state index in [1.165, 1.54) is 13.8 Å². The molecule has 0 aliphatic rings. The van der Waals surface area contributed by atoms with Gasteiger partial charge >= 0.3 is 0 Å². The van der Waals surface area contributed by atoms with Gasteiger partial charge in [0.1, 0.15) is 0 Å². The van der Waals surface area contributed by atoms with Crippen molar-refractivity contribution in [1.82, 2.24) is 0 Å². The van der Waals surface area contributed by atoms with Crippen LogP contribution in [0, 0.1) is 13.8 Å². The predicted molar refractivity (Wildman–Crippen MR) is 113 cm³/mol. The van der Waals surface area contributed by atoms with Gasteiger partial charge in [0.25, 0.3) is 0 Å². The molecule has 0 saturated heterocycles. The number of hydrogen-bond donors (Lipinski definition) is 2. The molecule has 0 unspecified atom stereocenters. The molecule has 0 bridgehead atoms. The number of anilines is 2. The van der Waals surface area contributed by atoms with E-state index in [4.69, 9.17) is 23.2 Å². The summed E-state index contributed by atoms with van der Waals surface area (Å²) in [5.74, 6) is -0.334. The monoisotopic (exact) mass is 406 g/mol. The highest BCUT2D eigenvalue weighted by molar-refractivity contribution is 6.34. The number of carbonyl (C=O) groups excluding carboxylic acids is 2. The fourth-order valence-corrected chi connectivity index (χ4v) is 3.85. The average Bonchev–Trinajstić information content (AvgIpc) is 2.52. The summed E-state index contributed by atoms with van der Waals surface area (Å²) in [4.78, 5) is 22.7. The van der Waals surface area contributed by atoms with Gasteiger partial charge in [0.2, 0.25) is 11.8 Å². The minimum atomic E-state index is -0.384. The molecule has 2 N–H and O–H groups in total. The van der Waals surface area contributed by atoms with Crippen LogP contribution in [-0.2, 0) is 15.0 Å². The Morgan fingerprint density at radius 1 is 0.778 bits per heavy atom. The molecule has 27 heavy (non-hydrogen) atoms. The SMILES string of the molecule is CC(=O)Nc1cc(C)c(C(C)(C)c2cc(Cl)c(NC(C)=O)cc2C)cc1Cl. The number of aryl methyl sites for hydroxylation is 2. The maximum Gasteiger partial charge on any atom is 0.221 e. The second-order valence-electron chi connectivity index (χ2n) is 7.28. The summed E-state index contributed by atoms with van der Waals surface area (Å²) in [6, 6.07) is 7.53. The van der Waals surface area contributed by atoms with E-state index in [0.29, 0.717) is 21.4 Å². The number of amides is 2. The van der Waals surface area contributed by atoms with Crippen molar-refractivity contribution in [3.8, 4) is 0 Å². The zero-order valence-corrected chi connectivity index (χ0v) is 17.9. The van der Waals surface area contributed by atoms with Gasteiger partial charge in [-0.2, -0.15) is 0 Å². The van der Waals surface area contributed by atoms with Gasteiger partial charge in [-0.05, 0) is 60.4 Å². The molecule has 0 fully saturated rings. The number of benzene rings is 2. The molecule has 0 atom stereocenters. The third-order valence-electron chi connectivity index (χ3n) is 4.60. The molecule has 6 heteroatoms. The lowest BCUT2D eigenvalue weighted by molar-refractivity contribution is -0.115. The molecule has 2 aromatic rings. The summed E-state index contributed by atoms with van der Waals surface area (Å²) in [6.07, 6.45) is 0. The summed E-state index contributed by atoms with van der Waals surface area (Å²) in [7, 11) is 0. The van der Waals surface area contributed by atoms with Crippen LogP contribution in [0.15, 0.2) is 24.3 Å². The van der Waals surface area contributed by atoms with Gasteiger partial charge in [0.15, 0.2) is 0 Å². The van der Waals surface area contributed by atoms with Crippen LogP contribution in [0.3, 0.4) is 0 Å². The van der Waals surface area contributed by atoms with Crippen LogP contribution in [0.4, 0.5) is 11.4 Å². The zero-order chi connectivity index (χ0) is 20.5. The van der Waals surface area contributed by atoms with Gasteiger partial charge < -0.3 is 10.6 Å². The third kappa shape index (κ3) is 4.63.